The van der Waals surface area contributed by atoms with Gasteiger partial charge in [-0.3, -0.25) is 0 Å². The maximum absolute atomic E-state index is 13.9. The van der Waals surface area contributed by atoms with Crippen LogP contribution in [0.2, 0.25) is 5.15 Å². The van der Waals surface area contributed by atoms with Crippen LogP contribution in [-0.4, -0.2) is 48.9 Å². The van der Waals surface area contributed by atoms with E-state index in [0.717, 1.165) is 4.31 Å². The number of anilines is 2. The first kappa shape index (κ1) is 18.7. The fourth-order valence-electron chi connectivity index (χ4n) is 2.59. The van der Waals surface area contributed by atoms with Crippen LogP contribution < -0.4 is 10.6 Å². The van der Waals surface area contributed by atoms with Gasteiger partial charge in [-0.25, -0.2) is 26.6 Å². The van der Waals surface area contributed by atoms with Crippen molar-refractivity contribution >= 4 is 33.4 Å². The lowest BCUT2D eigenvalue weighted by molar-refractivity contribution is 0.377. The highest BCUT2D eigenvalue weighted by atomic mass is 35.5. The Labute approximate surface area is 152 Å². The van der Waals surface area contributed by atoms with Crippen molar-refractivity contribution in [3.63, 3.8) is 0 Å². The zero-order chi connectivity index (χ0) is 19.1. The van der Waals surface area contributed by atoms with Gasteiger partial charge >= 0.3 is 0 Å². The van der Waals surface area contributed by atoms with Gasteiger partial charge in [0.15, 0.2) is 17.5 Å². The van der Waals surface area contributed by atoms with Crippen molar-refractivity contribution in [2.75, 3.05) is 36.8 Å². The predicted molar refractivity (Wildman–Crippen MR) is 88.7 cm³/mol. The summed E-state index contributed by atoms with van der Waals surface area (Å²) in [5.74, 6) is -4.60. The Morgan fingerprint density at radius 1 is 1.04 bits per heavy atom. The molecule has 0 amide bonds. The minimum absolute atomic E-state index is 0.0116. The van der Waals surface area contributed by atoms with Crippen LogP contribution in [0, 0.1) is 17.5 Å². The number of nitrogen functional groups attached to an aromatic ring is 1. The lowest BCUT2D eigenvalue weighted by Gasteiger charge is -2.34. The topological polar surface area (TPSA) is 92.4 Å². The number of nitrogens with zero attached hydrogens (tertiary/aromatic N) is 4. The summed E-state index contributed by atoms with van der Waals surface area (Å²) in [4.78, 5) is 8.60. The molecule has 26 heavy (non-hydrogen) atoms. The van der Waals surface area contributed by atoms with Crippen LogP contribution in [0.1, 0.15) is 0 Å². The van der Waals surface area contributed by atoms with Gasteiger partial charge in [0, 0.05) is 32.2 Å². The number of hydrogen-bond donors (Lipinski definition) is 1. The highest BCUT2D eigenvalue weighted by Gasteiger charge is 2.32. The van der Waals surface area contributed by atoms with Crippen LogP contribution >= 0.6 is 11.6 Å². The number of hydrogen-bond acceptors (Lipinski definition) is 6. The monoisotopic (exact) mass is 407 g/mol. The first-order chi connectivity index (χ1) is 12.2. The molecule has 1 fully saturated rings. The van der Waals surface area contributed by atoms with E-state index in [2.05, 4.69) is 9.97 Å². The molecule has 12 heteroatoms. The molecule has 1 saturated heterocycles. The molecule has 3 rings (SSSR count). The molecule has 7 nitrogen and oxygen atoms in total. The predicted octanol–water partition coefficient (Wildman–Crippen LogP) is 1.64. The molecule has 1 aliphatic heterocycles. The summed E-state index contributed by atoms with van der Waals surface area (Å²) in [5.41, 5.74) is 5.53. The second-order valence-electron chi connectivity index (χ2n) is 5.47. The van der Waals surface area contributed by atoms with E-state index < -0.39 is 32.4 Å². The summed E-state index contributed by atoms with van der Waals surface area (Å²) < 4.78 is 66.3. The smallest absolute Gasteiger partial charge is 0.246 e. The Morgan fingerprint density at radius 3 is 2.31 bits per heavy atom. The summed E-state index contributed by atoms with van der Waals surface area (Å²) in [7, 11) is -4.31. The first-order valence-corrected chi connectivity index (χ1v) is 9.20. The number of halogens is 4. The van der Waals surface area contributed by atoms with E-state index in [1.165, 1.54) is 6.07 Å². The Balaban J connectivity index is 1.80. The molecular formula is C14H13ClF3N5O2S. The molecule has 0 radical (unpaired) electrons. The molecule has 140 valence electrons. The third-order valence-corrected chi connectivity index (χ3v) is 5.99. The van der Waals surface area contributed by atoms with Crippen LogP contribution in [0.15, 0.2) is 23.1 Å². The van der Waals surface area contributed by atoms with Crippen molar-refractivity contribution in [3.05, 3.63) is 40.8 Å². The molecule has 0 saturated carbocycles. The van der Waals surface area contributed by atoms with Gasteiger partial charge in [0.2, 0.25) is 16.0 Å². The number of benzene rings is 1. The standard InChI is InChI=1S/C14H13ClF3N5O2S/c15-10-7-11(21-14(19)20-10)22-3-5-23(6-4-22)26(24,25)9-2-1-8(16)12(17)13(9)18/h1-2,7H,3-6H2,(H2,19,20,21). The van der Waals surface area contributed by atoms with E-state index in [9.17, 15) is 21.6 Å². The van der Waals surface area contributed by atoms with E-state index >= 15 is 0 Å². The number of piperazine rings is 1. The molecule has 2 heterocycles. The van der Waals surface area contributed by atoms with Gasteiger partial charge in [-0.15, -0.1) is 0 Å². The van der Waals surface area contributed by atoms with Crippen LogP contribution in [0.25, 0.3) is 0 Å². The second-order valence-corrected chi connectivity index (χ2v) is 7.77. The highest BCUT2D eigenvalue weighted by Crippen LogP contribution is 2.25. The minimum Gasteiger partial charge on any atom is -0.368 e. The van der Waals surface area contributed by atoms with Crippen molar-refractivity contribution in [2.45, 2.75) is 4.90 Å². The van der Waals surface area contributed by atoms with Gasteiger partial charge < -0.3 is 10.6 Å². The molecule has 2 aromatic rings. The first-order valence-electron chi connectivity index (χ1n) is 7.39. The molecule has 0 bridgehead atoms. The van der Waals surface area contributed by atoms with E-state index in [1.807, 2.05) is 0 Å². The van der Waals surface area contributed by atoms with Crippen molar-refractivity contribution in [1.82, 2.24) is 14.3 Å². The van der Waals surface area contributed by atoms with Gasteiger partial charge in [-0.2, -0.15) is 9.29 Å². The fourth-order valence-corrected chi connectivity index (χ4v) is 4.25. The van der Waals surface area contributed by atoms with E-state index in [0.29, 0.717) is 18.0 Å². The summed E-state index contributed by atoms with van der Waals surface area (Å²) in [6.45, 7) is 0.416. The van der Waals surface area contributed by atoms with E-state index in [4.69, 9.17) is 17.3 Å². The van der Waals surface area contributed by atoms with E-state index in [1.54, 1.807) is 4.90 Å². The lowest BCUT2D eigenvalue weighted by Crippen LogP contribution is -2.49. The Morgan fingerprint density at radius 2 is 1.69 bits per heavy atom. The largest absolute Gasteiger partial charge is 0.368 e. The summed E-state index contributed by atoms with van der Waals surface area (Å²) in [6.07, 6.45) is 0. The van der Waals surface area contributed by atoms with Crippen molar-refractivity contribution < 1.29 is 21.6 Å². The number of aromatic nitrogens is 2. The molecule has 1 aromatic carbocycles. The number of rotatable bonds is 3. The quantitative estimate of drug-likeness (QED) is 0.614. The normalized spacial score (nSPS) is 16.1. The van der Waals surface area contributed by atoms with Gasteiger partial charge in [0.1, 0.15) is 15.9 Å². The van der Waals surface area contributed by atoms with Gasteiger partial charge in [0.25, 0.3) is 0 Å². The Kier molecular flexibility index (Phi) is 4.95. The van der Waals surface area contributed by atoms with Gasteiger partial charge in [0.05, 0.1) is 0 Å². The van der Waals surface area contributed by atoms with Crippen LogP contribution in [0.5, 0.6) is 0 Å². The molecule has 0 aliphatic carbocycles. The summed E-state index contributed by atoms with van der Waals surface area (Å²) >= 11 is 5.82. The molecule has 2 N–H and O–H groups in total. The average molecular weight is 408 g/mol. The third-order valence-electron chi connectivity index (χ3n) is 3.88. The number of nitrogens with two attached hydrogens (primary N) is 1. The lowest BCUT2D eigenvalue weighted by atomic mass is 10.3. The molecule has 0 spiro atoms. The van der Waals surface area contributed by atoms with Crippen molar-refractivity contribution in [1.29, 1.82) is 0 Å². The van der Waals surface area contributed by atoms with Crippen molar-refractivity contribution in [3.8, 4) is 0 Å². The van der Waals surface area contributed by atoms with Gasteiger partial charge in [-0.1, -0.05) is 11.6 Å². The highest BCUT2D eigenvalue weighted by molar-refractivity contribution is 7.89. The molecule has 1 aromatic heterocycles. The van der Waals surface area contributed by atoms with Gasteiger partial charge in [-0.05, 0) is 12.1 Å². The zero-order valence-electron chi connectivity index (χ0n) is 13.2. The summed E-state index contributed by atoms with van der Waals surface area (Å²) in [5, 5.41) is 0.145. The molecule has 0 unspecified atom stereocenters. The van der Waals surface area contributed by atoms with Crippen LogP contribution in [0.4, 0.5) is 24.9 Å². The maximum atomic E-state index is 13.9. The fraction of sp³-hybridized carbons (Fsp3) is 0.286. The SMILES string of the molecule is Nc1nc(Cl)cc(N2CCN(S(=O)(=O)c3ccc(F)c(F)c3F)CC2)n1. The Bertz CT molecular complexity index is 932. The maximum Gasteiger partial charge on any atom is 0.246 e. The number of sulfonamides is 1. The van der Waals surface area contributed by atoms with Crippen molar-refractivity contribution in [2.24, 2.45) is 0 Å². The van der Waals surface area contributed by atoms with Crippen LogP contribution in [0.3, 0.4) is 0 Å². The zero-order valence-corrected chi connectivity index (χ0v) is 14.7. The molecule has 0 atom stereocenters. The van der Waals surface area contributed by atoms with Crippen LogP contribution in [-0.2, 0) is 10.0 Å². The second kappa shape index (κ2) is 6.89. The average Bonchev–Trinajstić information content (AvgIpc) is 2.59. The summed E-state index contributed by atoms with van der Waals surface area (Å²) in [6, 6.07) is 2.77. The Hall–Kier alpha value is -2.11. The third kappa shape index (κ3) is 3.41. The molecule has 1 aliphatic rings. The minimum atomic E-state index is -4.31. The molecular weight excluding hydrogens is 395 g/mol. The van der Waals surface area contributed by atoms with E-state index in [-0.39, 0.29) is 37.3 Å².